The van der Waals surface area contributed by atoms with Crippen LogP contribution in [0.4, 0.5) is 0 Å². The fourth-order valence-electron chi connectivity index (χ4n) is 0.745. The normalized spacial score (nSPS) is 9.15. The predicted molar refractivity (Wildman–Crippen MR) is 58.4 cm³/mol. The summed E-state index contributed by atoms with van der Waals surface area (Å²) in [7, 11) is 0. The lowest BCUT2D eigenvalue weighted by Gasteiger charge is -1.71. The summed E-state index contributed by atoms with van der Waals surface area (Å²) in [5.41, 5.74) is 4.07. The van der Waals surface area contributed by atoms with Crippen molar-refractivity contribution in [1.82, 2.24) is 9.97 Å². The second-order valence-electron chi connectivity index (χ2n) is 2.64. The third kappa shape index (κ3) is 4.15. The van der Waals surface area contributed by atoms with Crippen LogP contribution in [0.1, 0.15) is 16.4 Å². The molecule has 0 amide bonds. The van der Waals surface area contributed by atoms with E-state index in [-0.39, 0.29) is 0 Å². The molecule has 0 bridgehead atoms. The van der Waals surface area contributed by atoms with Crippen molar-refractivity contribution in [2.45, 2.75) is 20.8 Å². The van der Waals surface area contributed by atoms with E-state index in [0.717, 1.165) is 16.4 Å². The smallest absolute Gasteiger partial charge is 0.0897 e. The highest BCUT2D eigenvalue weighted by Crippen LogP contribution is 2.04. The second kappa shape index (κ2) is 5.09. The number of nitrogens with zero attached hydrogens (tertiary/aromatic N) is 2. The highest BCUT2D eigenvalue weighted by Gasteiger charge is 1.86. The van der Waals surface area contributed by atoms with Crippen molar-refractivity contribution >= 4 is 22.7 Å². The van der Waals surface area contributed by atoms with Crippen LogP contribution in [0.25, 0.3) is 0 Å². The zero-order chi connectivity index (χ0) is 9.68. The first-order valence-corrected chi connectivity index (χ1v) is 5.74. The number of aryl methyl sites for hydroxylation is 3. The van der Waals surface area contributed by atoms with E-state index in [1.54, 1.807) is 22.7 Å². The van der Waals surface area contributed by atoms with Crippen LogP contribution in [0.5, 0.6) is 0 Å². The van der Waals surface area contributed by atoms with Gasteiger partial charge in [-0.05, 0) is 20.8 Å². The Kier molecular flexibility index (Phi) is 4.05. The number of rotatable bonds is 0. The maximum absolute atomic E-state index is 4.13. The molecule has 0 aliphatic rings. The molecule has 4 heteroatoms. The van der Waals surface area contributed by atoms with E-state index in [2.05, 4.69) is 15.3 Å². The molecule has 0 aliphatic heterocycles. The zero-order valence-electron chi connectivity index (χ0n) is 7.94. The molecule has 0 spiro atoms. The van der Waals surface area contributed by atoms with E-state index in [1.165, 1.54) is 0 Å². The molecule has 0 unspecified atom stereocenters. The second-order valence-corrected chi connectivity index (χ2v) is 4.42. The Morgan fingerprint density at radius 1 is 1.08 bits per heavy atom. The molecule has 13 heavy (non-hydrogen) atoms. The summed E-state index contributed by atoms with van der Waals surface area (Å²) in [6.07, 6.45) is 0. The third-order valence-electron chi connectivity index (χ3n) is 1.29. The van der Waals surface area contributed by atoms with Crippen LogP contribution in [0, 0.1) is 20.8 Å². The Labute approximate surface area is 86.3 Å². The molecule has 0 fully saturated rings. The monoisotopic (exact) mass is 212 g/mol. The minimum atomic E-state index is 1.11. The lowest BCUT2D eigenvalue weighted by atomic mass is 10.6. The van der Waals surface area contributed by atoms with Gasteiger partial charge in [0.05, 0.1) is 10.5 Å². The van der Waals surface area contributed by atoms with E-state index in [1.807, 2.05) is 31.7 Å². The molecule has 2 nitrogen and oxygen atoms in total. The van der Waals surface area contributed by atoms with Crippen molar-refractivity contribution in [3.63, 3.8) is 0 Å². The first-order valence-electron chi connectivity index (χ1n) is 3.92. The lowest BCUT2D eigenvalue weighted by molar-refractivity contribution is 1.20. The summed E-state index contributed by atoms with van der Waals surface area (Å²) < 4.78 is 0. The van der Waals surface area contributed by atoms with Crippen molar-refractivity contribution in [3.8, 4) is 0 Å². The molecule has 2 rings (SSSR count). The standard InChI is InChI=1S/C5H7NS.C4H5NS/c1-4-3-7-5(2)6-4;1-4-2-6-3-5-4/h3H,1-2H3;2-3H,1H3. The van der Waals surface area contributed by atoms with Gasteiger partial charge in [0.15, 0.2) is 0 Å². The van der Waals surface area contributed by atoms with E-state index in [0.29, 0.717) is 0 Å². The molecule has 2 aromatic heterocycles. The molecule has 0 aromatic carbocycles. The minimum absolute atomic E-state index is 1.11. The van der Waals surface area contributed by atoms with E-state index < -0.39 is 0 Å². The highest BCUT2D eigenvalue weighted by molar-refractivity contribution is 7.09. The SMILES string of the molecule is Cc1csc(C)n1.Cc1cscn1. The van der Waals surface area contributed by atoms with Gasteiger partial charge in [-0.15, -0.1) is 22.7 Å². The molecular weight excluding hydrogens is 200 g/mol. The Hall–Kier alpha value is -0.740. The first kappa shape index (κ1) is 10.3. The molecule has 0 aliphatic carbocycles. The molecule has 2 heterocycles. The molecular formula is C9H12N2S2. The maximum Gasteiger partial charge on any atom is 0.0897 e. The number of thiazole rings is 2. The van der Waals surface area contributed by atoms with Gasteiger partial charge in [0.1, 0.15) is 0 Å². The Bertz CT molecular complexity index is 322. The minimum Gasteiger partial charge on any atom is -0.250 e. The van der Waals surface area contributed by atoms with Crippen LogP contribution in [-0.2, 0) is 0 Å². The summed E-state index contributed by atoms with van der Waals surface area (Å²) in [5.74, 6) is 0. The maximum atomic E-state index is 4.13. The Morgan fingerprint density at radius 3 is 2.00 bits per heavy atom. The summed E-state index contributed by atoms with van der Waals surface area (Å²) in [6.45, 7) is 6.00. The van der Waals surface area contributed by atoms with Crippen molar-refractivity contribution in [3.05, 3.63) is 32.7 Å². The fraction of sp³-hybridized carbons (Fsp3) is 0.333. The van der Waals surface area contributed by atoms with Crippen molar-refractivity contribution in [2.75, 3.05) is 0 Å². The molecule has 0 saturated carbocycles. The van der Waals surface area contributed by atoms with Gasteiger partial charge in [-0.25, -0.2) is 4.98 Å². The third-order valence-corrected chi connectivity index (χ3v) is 2.89. The van der Waals surface area contributed by atoms with Gasteiger partial charge < -0.3 is 0 Å². The molecule has 2 aromatic rings. The van der Waals surface area contributed by atoms with Crippen LogP contribution in [0.15, 0.2) is 16.3 Å². The summed E-state index contributed by atoms with van der Waals surface area (Å²) >= 11 is 3.32. The summed E-state index contributed by atoms with van der Waals surface area (Å²) in [5, 5.41) is 5.22. The van der Waals surface area contributed by atoms with Crippen LogP contribution in [0.2, 0.25) is 0 Å². The van der Waals surface area contributed by atoms with Crippen molar-refractivity contribution < 1.29 is 0 Å². The molecule has 0 N–H and O–H groups in total. The molecule has 70 valence electrons. The average Bonchev–Trinajstić information content (AvgIpc) is 2.64. The molecule has 0 atom stereocenters. The predicted octanol–water partition coefficient (Wildman–Crippen LogP) is 3.21. The van der Waals surface area contributed by atoms with Gasteiger partial charge in [-0.3, -0.25) is 4.98 Å². The van der Waals surface area contributed by atoms with Gasteiger partial charge >= 0.3 is 0 Å². The molecule has 0 radical (unpaired) electrons. The topological polar surface area (TPSA) is 25.8 Å². The van der Waals surface area contributed by atoms with Crippen LogP contribution < -0.4 is 0 Å². The van der Waals surface area contributed by atoms with E-state index >= 15 is 0 Å². The largest absolute Gasteiger partial charge is 0.250 e. The van der Waals surface area contributed by atoms with E-state index in [9.17, 15) is 0 Å². The van der Waals surface area contributed by atoms with Gasteiger partial charge in [0.2, 0.25) is 0 Å². The fourth-order valence-corrected chi connectivity index (χ4v) is 1.88. The molecule has 0 saturated heterocycles. The highest BCUT2D eigenvalue weighted by atomic mass is 32.1. The van der Waals surface area contributed by atoms with Gasteiger partial charge in [0, 0.05) is 22.1 Å². The van der Waals surface area contributed by atoms with Crippen LogP contribution >= 0.6 is 22.7 Å². The number of hydrogen-bond acceptors (Lipinski definition) is 4. The van der Waals surface area contributed by atoms with Crippen LogP contribution in [0.3, 0.4) is 0 Å². The number of aromatic nitrogens is 2. The summed E-state index contributed by atoms with van der Waals surface area (Å²) in [4.78, 5) is 8.06. The lowest BCUT2D eigenvalue weighted by Crippen LogP contribution is -1.67. The van der Waals surface area contributed by atoms with Gasteiger partial charge in [-0.2, -0.15) is 0 Å². The van der Waals surface area contributed by atoms with Crippen LogP contribution in [-0.4, -0.2) is 9.97 Å². The quantitative estimate of drug-likeness (QED) is 0.670. The van der Waals surface area contributed by atoms with Gasteiger partial charge in [-0.1, -0.05) is 0 Å². The van der Waals surface area contributed by atoms with Crippen molar-refractivity contribution in [2.24, 2.45) is 0 Å². The zero-order valence-corrected chi connectivity index (χ0v) is 9.58. The number of hydrogen-bond donors (Lipinski definition) is 0. The average molecular weight is 212 g/mol. The Morgan fingerprint density at radius 2 is 1.85 bits per heavy atom. The van der Waals surface area contributed by atoms with E-state index in [4.69, 9.17) is 0 Å². The van der Waals surface area contributed by atoms with Crippen molar-refractivity contribution in [1.29, 1.82) is 0 Å². The first-order chi connectivity index (χ1) is 6.18. The Balaban J connectivity index is 0.000000132. The van der Waals surface area contributed by atoms with Gasteiger partial charge in [0.25, 0.3) is 0 Å². The summed E-state index contributed by atoms with van der Waals surface area (Å²) in [6, 6.07) is 0.